The van der Waals surface area contributed by atoms with Crippen LogP contribution in [0.3, 0.4) is 0 Å². The lowest BCUT2D eigenvalue weighted by molar-refractivity contribution is -0.141. The van der Waals surface area contributed by atoms with Gasteiger partial charge in [-0.2, -0.15) is 23.3 Å². The minimum absolute atomic E-state index is 0.0895. The summed E-state index contributed by atoms with van der Waals surface area (Å²) in [4.78, 5) is 8.74. The molecule has 0 unspecified atom stereocenters. The number of nitrogens with two attached hydrogens (primary N) is 1. The lowest BCUT2D eigenvalue weighted by atomic mass is 9.91. The third-order valence-corrected chi connectivity index (χ3v) is 5.07. The minimum atomic E-state index is -4.47. The first-order valence-electron chi connectivity index (χ1n) is 9.74. The molecule has 0 amide bonds. The third kappa shape index (κ3) is 4.70. The topological polar surface area (TPSA) is 93.7 Å². The summed E-state index contributed by atoms with van der Waals surface area (Å²) in [7, 11) is 0. The average molecular weight is 417 g/mol. The number of nitrogens with one attached hydrogen (secondary N) is 2. The molecule has 2 atom stereocenters. The third-order valence-electron chi connectivity index (χ3n) is 5.07. The van der Waals surface area contributed by atoms with Crippen LogP contribution in [0, 0.1) is 0 Å². The predicted molar refractivity (Wildman–Crippen MR) is 108 cm³/mol. The van der Waals surface area contributed by atoms with Gasteiger partial charge in [0.25, 0.3) is 0 Å². The fourth-order valence-electron chi connectivity index (χ4n) is 3.47. The summed E-state index contributed by atoms with van der Waals surface area (Å²) in [6.45, 7) is 0. The molecular weight excluding hydrogens is 395 g/mol. The van der Waals surface area contributed by atoms with Crippen molar-refractivity contribution in [3.8, 4) is 5.69 Å². The second kappa shape index (κ2) is 8.31. The molecule has 4 N–H and O–H groups in total. The Balaban J connectivity index is 1.43. The molecular formula is C20H22F3N7. The molecule has 10 heteroatoms. The monoisotopic (exact) mass is 417 g/mol. The van der Waals surface area contributed by atoms with E-state index in [1.807, 2.05) is 0 Å². The van der Waals surface area contributed by atoms with E-state index in [9.17, 15) is 13.2 Å². The number of rotatable bonds is 5. The Morgan fingerprint density at radius 3 is 2.50 bits per heavy atom. The van der Waals surface area contributed by atoms with Gasteiger partial charge in [0.2, 0.25) is 5.95 Å². The zero-order valence-electron chi connectivity index (χ0n) is 16.1. The Hall–Kier alpha value is -3.14. The fourth-order valence-corrected chi connectivity index (χ4v) is 3.47. The number of hydrogen-bond donors (Lipinski definition) is 3. The Morgan fingerprint density at radius 2 is 1.80 bits per heavy atom. The maximum absolute atomic E-state index is 12.7. The van der Waals surface area contributed by atoms with Crippen LogP contribution >= 0.6 is 0 Å². The van der Waals surface area contributed by atoms with Crippen molar-refractivity contribution >= 4 is 17.5 Å². The van der Waals surface area contributed by atoms with Gasteiger partial charge in [0, 0.05) is 30.2 Å². The highest BCUT2D eigenvalue weighted by molar-refractivity contribution is 5.58. The summed E-state index contributed by atoms with van der Waals surface area (Å²) in [5, 5.41) is 10.1. The van der Waals surface area contributed by atoms with Crippen molar-refractivity contribution in [2.45, 2.75) is 43.9 Å². The van der Waals surface area contributed by atoms with Crippen molar-refractivity contribution in [1.29, 1.82) is 0 Å². The van der Waals surface area contributed by atoms with Crippen LogP contribution < -0.4 is 16.4 Å². The quantitative estimate of drug-likeness (QED) is 0.579. The fraction of sp³-hybridized carbons (Fsp3) is 0.350. The Bertz CT molecular complexity index is 985. The summed E-state index contributed by atoms with van der Waals surface area (Å²) in [6.07, 6.45) is 2.74. The van der Waals surface area contributed by atoms with Crippen molar-refractivity contribution in [2.75, 3.05) is 10.6 Å². The van der Waals surface area contributed by atoms with Crippen LogP contribution in [-0.4, -0.2) is 31.8 Å². The summed E-state index contributed by atoms with van der Waals surface area (Å²) in [5.41, 5.74) is 6.50. The van der Waals surface area contributed by atoms with E-state index >= 15 is 0 Å². The zero-order chi connectivity index (χ0) is 21.1. The van der Waals surface area contributed by atoms with Gasteiger partial charge in [0.05, 0.1) is 5.69 Å². The van der Waals surface area contributed by atoms with Crippen LogP contribution in [0.5, 0.6) is 0 Å². The number of alkyl halides is 3. The average Bonchev–Trinajstić information content (AvgIpc) is 3.22. The second-order valence-corrected chi connectivity index (χ2v) is 7.28. The number of hydrogen-bond acceptors (Lipinski definition) is 6. The van der Waals surface area contributed by atoms with Gasteiger partial charge in [0.15, 0.2) is 5.69 Å². The lowest BCUT2D eigenvalue weighted by Crippen LogP contribution is -2.42. The number of anilines is 3. The van der Waals surface area contributed by atoms with E-state index < -0.39 is 11.9 Å². The molecule has 0 spiro atoms. The minimum Gasteiger partial charge on any atom is -0.350 e. The molecule has 0 radical (unpaired) electrons. The highest BCUT2D eigenvalue weighted by Gasteiger charge is 2.33. The highest BCUT2D eigenvalue weighted by Crippen LogP contribution is 2.28. The molecule has 1 aliphatic carbocycles. The molecule has 1 aliphatic rings. The largest absolute Gasteiger partial charge is 0.435 e. The van der Waals surface area contributed by atoms with Gasteiger partial charge < -0.3 is 16.4 Å². The van der Waals surface area contributed by atoms with Crippen molar-refractivity contribution in [3.63, 3.8) is 0 Å². The molecule has 0 bridgehead atoms. The van der Waals surface area contributed by atoms with Crippen molar-refractivity contribution in [2.24, 2.45) is 5.73 Å². The number of nitrogens with zero attached hydrogens (tertiary/aromatic N) is 4. The van der Waals surface area contributed by atoms with Gasteiger partial charge in [-0.3, -0.25) is 0 Å². The first kappa shape index (κ1) is 20.1. The summed E-state index contributed by atoms with van der Waals surface area (Å²) < 4.78 is 39.3. The van der Waals surface area contributed by atoms with Gasteiger partial charge >= 0.3 is 6.18 Å². The van der Waals surface area contributed by atoms with Gasteiger partial charge in [-0.1, -0.05) is 12.8 Å². The van der Waals surface area contributed by atoms with E-state index in [1.54, 1.807) is 36.5 Å². The first-order chi connectivity index (χ1) is 14.4. The van der Waals surface area contributed by atoms with E-state index in [4.69, 9.17) is 5.73 Å². The molecule has 1 fully saturated rings. The zero-order valence-corrected chi connectivity index (χ0v) is 16.1. The van der Waals surface area contributed by atoms with Crippen LogP contribution in [0.25, 0.3) is 5.69 Å². The normalized spacial score (nSPS) is 19.5. The molecule has 2 heterocycles. The molecule has 1 saturated carbocycles. The summed E-state index contributed by atoms with van der Waals surface area (Å²) in [5.74, 6) is 1.11. The molecule has 158 valence electrons. The Morgan fingerprint density at radius 1 is 1.03 bits per heavy atom. The van der Waals surface area contributed by atoms with E-state index in [0.29, 0.717) is 17.5 Å². The molecule has 0 saturated heterocycles. The standard InChI is InChI=1S/C20H22F3N7/c21-20(22,23)17-10-12-30(29-17)14-7-5-13(6-8-14)26-18-9-11-25-19(28-18)27-16-4-2-1-3-15(16)24/h5-12,15-16H,1-4,24H2,(H2,25,26,27,28)/t15-,16+/m0/s1. The van der Waals surface area contributed by atoms with Gasteiger partial charge in [-0.25, -0.2) is 9.67 Å². The second-order valence-electron chi connectivity index (χ2n) is 7.28. The van der Waals surface area contributed by atoms with E-state index in [2.05, 4.69) is 25.7 Å². The van der Waals surface area contributed by atoms with Gasteiger partial charge in [-0.15, -0.1) is 0 Å². The van der Waals surface area contributed by atoms with Crippen LogP contribution in [0.15, 0.2) is 48.8 Å². The highest BCUT2D eigenvalue weighted by atomic mass is 19.4. The van der Waals surface area contributed by atoms with Crippen molar-refractivity contribution in [3.05, 3.63) is 54.5 Å². The van der Waals surface area contributed by atoms with E-state index in [1.165, 1.54) is 10.9 Å². The van der Waals surface area contributed by atoms with Crippen LogP contribution in [0.2, 0.25) is 0 Å². The predicted octanol–water partition coefficient (Wildman–Crippen LogP) is 4.11. The summed E-state index contributed by atoms with van der Waals surface area (Å²) in [6, 6.07) is 9.78. The van der Waals surface area contributed by atoms with E-state index in [0.717, 1.165) is 37.4 Å². The molecule has 1 aromatic carbocycles. The first-order valence-corrected chi connectivity index (χ1v) is 9.74. The Labute approximate surface area is 171 Å². The van der Waals surface area contributed by atoms with Crippen LogP contribution in [0.4, 0.5) is 30.6 Å². The smallest absolute Gasteiger partial charge is 0.350 e. The summed E-state index contributed by atoms with van der Waals surface area (Å²) >= 11 is 0. The van der Waals surface area contributed by atoms with Crippen LogP contribution in [-0.2, 0) is 6.18 Å². The molecule has 3 aromatic rings. The molecule has 7 nitrogen and oxygen atoms in total. The SMILES string of the molecule is N[C@H]1CCCC[C@H]1Nc1nccc(Nc2ccc(-n3ccc(C(F)(F)F)n3)cc2)n1. The number of aromatic nitrogens is 4. The molecule has 2 aromatic heterocycles. The van der Waals surface area contributed by atoms with Crippen molar-refractivity contribution in [1.82, 2.24) is 19.7 Å². The lowest BCUT2D eigenvalue weighted by Gasteiger charge is -2.29. The van der Waals surface area contributed by atoms with Gasteiger partial charge in [0.1, 0.15) is 5.82 Å². The van der Waals surface area contributed by atoms with Crippen LogP contribution in [0.1, 0.15) is 31.4 Å². The van der Waals surface area contributed by atoms with Gasteiger partial charge in [-0.05, 0) is 49.2 Å². The molecule has 0 aliphatic heterocycles. The van der Waals surface area contributed by atoms with Crippen molar-refractivity contribution < 1.29 is 13.2 Å². The molecule has 30 heavy (non-hydrogen) atoms. The molecule has 4 rings (SSSR count). The number of halogens is 3. The van der Waals surface area contributed by atoms with E-state index in [-0.39, 0.29) is 12.1 Å². The Kier molecular flexibility index (Phi) is 5.58. The maximum atomic E-state index is 12.7. The maximum Gasteiger partial charge on any atom is 0.435 e. The number of benzene rings is 1.